The number of nitro groups is 1. The van der Waals surface area contributed by atoms with E-state index in [0.717, 1.165) is 17.0 Å². The molecule has 0 amide bonds. The van der Waals surface area contributed by atoms with E-state index in [1.165, 1.54) is 42.9 Å². The van der Waals surface area contributed by atoms with Crippen molar-refractivity contribution in [3.05, 3.63) is 138 Å². The number of methoxy groups -OCH3 is 1. The fourth-order valence-electron chi connectivity index (χ4n) is 5.86. The zero-order chi connectivity index (χ0) is 37.8. The van der Waals surface area contributed by atoms with Crippen LogP contribution in [0.15, 0.2) is 107 Å². The second-order valence-electron chi connectivity index (χ2n) is 11.6. The van der Waals surface area contributed by atoms with Gasteiger partial charge in [-0.15, -0.1) is 0 Å². The molecule has 1 aliphatic rings. The van der Waals surface area contributed by atoms with E-state index < -0.39 is 28.5 Å². The highest BCUT2D eigenvalue weighted by molar-refractivity contribution is 7.07. The summed E-state index contributed by atoms with van der Waals surface area (Å²) in [5.74, 6) is -0.769. The monoisotopic (exact) mass is 735 g/mol. The van der Waals surface area contributed by atoms with Gasteiger partial charge in [-0.05, 0) is 61.9 Å². The van der Waals surface area contributed by atoms with Crippen LogP contribution in [-0.4, -0.2) is 51.5 Å². The normalized spacial score (nSPS) is 13.9. The van der Waals surface area contributed by atoms with E-state index in [1.807, 2.05) is 30.3 Å². The number of rotatable bonds is 12. The van der Waals surface area contributed by atoms with Crippen molar-refractivity contribution < 1.29 is 33.5 Å². The molecule has 0 spiro atoms. The van der Waals surface area contributed by atoms with Crippen molar-refractivity contribution in [3.8, 4) is 34.2 Å². The summed E-state index contributed by atoms with van der Waals surface area (Å²) in [6.07, 6.45) is 4.80. The maximum absolute atomic E-state index is 14.5. The minimum atomic E-state index is -1.01. The van der Waals surface area contributed by atoms with Crippen LogP contribution < -0.4 is 29.1 Å². The number of nitrogens with zero attached hydrogens (tertiary/aromatic N) is 5. The number of carbonyl (C=O) groups excluding carboxylic acids is 2. The van der Waals surface area contributed by atoms with Crippen molar-refractivity contribution in [2.45, 2.75) is 26.8 Å². The Hall–Kier alpha value is -6.61. The molecule has 6 rings (SSSR count). The predicted octanol–water partition coefficient (Wildman–Crippen LogP) is 5.06. The minimum Gasteiger partial charge on any atom is -0.493 e. The van der Waals surface area contributed by atoms with Crippen LogP contribution in [0.5, 0.6) is 17.2 Å². The Balaban J connectivity index is 1.57. The van der Waals surface area contributed by atoms with Crippen molar-refractivity contribution in [3.63, 3.8) is 0 Å². The average Bonchev–Trinajstić information content (AvgIpc) is 3.70. The lowest BCUT2D eigenvalue weighted by molar-refractivity contribution is -0.385. The SMILES string of the molecule is C=CCOC(=O)C1=C(C)N=c2s/c(=C\c3cn(-c4ccccc4)nc3-c3ccc(OCC)c([N+](=O)[O-])c3)c(=O)n2C1c1ccc(OC(C)=O)c(OC)c1. The van der Waals surface area contributed by atoms with Crippen LogP contribution in [0.2, 0.25) is 0 Å². The summed E-state index contributed by atoms with van der Waals surface area (Å²) in [5, 5.41) is 16.8. The Kier molecular flexibility index (Phi) is 10.5. The lowest BCUT2D eigenvalue weighted by Gasteiger charge is -2.25. The molecule has 14 nitrogen and oxygen atoms in total. The van der Waals surface area contributed by atoms with Crippen molar-refractivity contribution in [2.24, 2.45) is 4.99 Å². The molecule has 1 aliphatic heterocycles. The number of nitro benzene ring substituents is 1. The molecule has 0 fully saturated rings. The molecule has 0 saturated heterocycles. The summed E-state index contributed by atoms with van der Waals surface area (Å²) >= 11 is 1.10. The van der Waals surface area contributed by atoms with Gasteiger partial charge in [0.05, 0.1) is 46.2 Å². The minimum absolute atomic E-state index is 0.0701. The molecule has 1 unspecified atom stereocenters. The first kappa shape index (κ1) is 36.2. The number of allylic oxidation sites excluding steroid dienone is 1. The van der Waals surface area contributed by atoms with E-state index in [0.29, 0.717) is 32.9 Å². The maximum Gasteiger partial charge on any atom is 0.338 e. The van der Waals surface area contributed by atoms with Gasteiger partial charge in [-0.2, -0.15) is 5.10 Å². The zero-order valence-corrected chi connectivity index (χ0v) is 29.9. The van der Waals surface area contributed by atoms with Crippen LogP contribution in [0.3, 0.4) is 0 Å². The van der Waals surface area contributed by atoms with Crippen LogP contribution in [0.4, 0.5) is 5.69 Å². The molecule has 1 atom stereocenters. The molecular weight excluding hydrogens is 703 g/mol. The number of thiazole rings is 1. The van der Waals surface area contributed by atoms with Gasteiger partial charge in [0.25, 0.3) is 5.56 Å². The Morgan fingerprint density at radius 2 is 1.83 bits per heavy atom. The van der Waals surface area contributed by atoms with Crippen LogP contribution in [0, 0.1) is 10.1 Å². The molecule has 15 heteroatoms. The third kappa shape index (κ3) is 7.27. The van der Waals surface area contributed by atoms with Crippen molar-refractivity contribution in [1.29, 1.82) is 0 Å². The fraction of sp³-hybridized carbons (Fsp3) is 0.184. The van der Waals surface area contributed by atoms with E-state index in [2.05, 4.69) is 11.6 Å². The first-order chi connectivity index (χ1) is 25.5. The number of esters is 2. The molecule has 3 aromatic carbocycles. The Bertz CT molecular complexity index is 2480. The van der Waals surface area contributed by atoms with Crippen molar-refractivity contribution in [1.82, 2.24) is 14.3 Å². The van der Waals surface area contributed by atoms with E-state index in [-0.39, 0.29) is 46.3 Å². The van der Waals surface area contributed by atoms with Gasteiger partial charge in [-0.1, -0.05) is 48.3 Å². The number of hydrogen-bond donors (Lipinski definition) is 0. The van der Waals surface area contributed by atoms with Crippen LogP contribution >= 0.6 is 11.3 Å². The first-order valence-electron chi connectivity index (χ1n) is 16.3. The lowest BCUT2D eigenvalue weighted by atomic mass is 9.95. The highest BCUT2D eigenvalue weighted by Crippen LogP contribution is 2.37. The highest BCUT2D eigenvalue weighted by atomic mass is 32.1. The summed E-state index contributed by atoms with van der Waals surface area (Å²) in [4.78, 5) is 56.2. The molecule has 0 bridgehead atoms. The van der Waals surface area contributed by atoms with Crippen LogP contribution in [0.1, 0.15) is 37.9 Å². The molecule has 270 valence electrons. The lowest BCUT2D eigenvalue weighted by Crippen LogP contribution is -2.40. The van der Waals surface area contributed by atoms with Gasteiger partial charge in [0.1, 0.15) is 12.3 Å². The molecule has 3 heterocycles. The Morgan fingerprint density at radius 1 is 1.08 bits per heavy atom. The Morgan fingerprint density at radius 3 is 2.51 bits per heavy atom. The van der Waals surface area contributed by atoms with E-state index >= 15 is 0 Å². The fourth-order valence-corrected chi connectivity index (χ4v) is 6.90. The summed E-state index contributed by atoms with van der Waals surface area (Å²) in [6.45, 7) is 8.44. The van der Waals surface area contributed by atoms with Crippen LogP contribution in [-0.2, 0) is 14.3 Å². The van der Waals surface area contributed by atoms with Gasteiger partial charge in [0, 0.05) is 30.3 Å². The van der Waals surface area contributed by atoms with Gasteiger partial charge < -0.3 is 18.9 Å². The van der Waals surface area contributed by atoms with Crippen molar-refractivity contribution >= 4 is 35.0 Å². The van der Waals surface area contributed by atoms with E-state index in [1.54, 1.807) is 49.0 Å². The first-order valence-corrected chi connectivity index (χ1v) is 17.1. The highest BCUT2D eigenvalue weighted by Gasteiger charge is 2.34. The topological polar surface area (TPSA) is 166 Å². The van der Waals surface area contributed by atoms with Crippen molar-refractivity contribution in [2.75, 3.05) is 20.3 Å². The molecular formula is C38H33N5O9S. The summed E-state index contributed by atoms with van der Waals surface area (Å²) < 4.78 is 25.0. The second kappa shape index (κ2) is 15.3. The molecule has 0 aliphatic carbocycles. The Labute approximate surface area is 306 Å². The maximum atomic E-state index is 14.5. The quantitative estimate of drug-likeness (QED) is 0.0556. The summed E-state index contributed by atoms with van der Waals surface area (Å²) in [6, 6.07) is 17.6. The van der Waals surface area contributed by atoms with Crippen LogP contribution in [0.25, 0.3) is 23.0 Å². The zero-order valence-electron chi connectivity index (χ0n) is 29.1. The number of fused-ring (bicyclic) bond motifs is 1. The van der Waals surface area contributed by atoms with E-state index in [9.17, 15) is 24.5 Å². The summed E-state index contributed by atoms with van der Waals surface area (Å²) in [5.41, 5.74) is 2.22. The second-order valence-corrected chi connectivity index (χ2v) is 12.6. The number of para-hydroxylation sites is 1. The smallest absolute Gasteiger partial charge is 0.338 e. The predicted molar refractivity (Wildman–Crippen MR) is 196 cm³/mol. The molecule has 0 N–H and O–H groups in total. The number of carbonyl (C=O) groups is 2. The average molecular weight is 736 g/mol. The molecule has 0 saturated carbocycles. The third-order valence-electron chi connectivity index (χ3n) is 8.11. The number of hydrogen-bond acceptors (Lipinski definition) is 12. The number of benzene rings is 3. The van der Waals surface area contributed by atoms with Gasteiger partial charge >= 0.3 is 17.6 Å². The van der Waals surface area contributed by atoms with Gasteiger partial charge in [-0.3, -0.25) is 24.3 Å². The number of aromatic nitrogens is 3. The standard InChI is InChI=1S/C38H33N5O9S/c1-6-17-51-37(46)33-22(3)39-38-42(35(33)25-14-16-30(52-23(4)44)31(19-25)49-5)36(45)32(53-38)20-26-21-41(27-11-9-8-10-12-27)40-34(26)24-13-15-29(50-7-2)28(18-24)43(47)48/h6,8-16,18-21,35H,1,7,17H2,2-5H3/b32-20-. The van der Waals surface area contributed by atoms with Gasteiger partial charge in [0.15, 0.2) is 22.0 Å². The van der Waals surface area contributed by atoms with Gasteiger partial charge in [-0.25, -0.2) is 14.5 Å². The number of ether oxygens (including phenoxy) is 4. The molecule has 53 heavy (non-hydrogen) atoms. The molecule has 5 aromatic rings. The largest absolute Gasteiger partial charge is 0.493 e. The van der Waals surface area contributed by atoms with Gasteiger partial charge in [0.2, 0.25) is 0 Å². The molecule has 2 aromatic heterocycles. The van der Waals surface area contributed by atoms with E-state index in [4.69, 9.17) is 24.0 Å². The summed E-state index contributed by atoms with van der Waals surface area (Å²) in [7, 11) is 1.41. The third-order valence-corrected chi connectivity index (χ3v) is 9.09. The molecule has 0 radical (unpaired) electrons.